The topological polar surface area (TPSA) is 136 Å². The van der Waals surface area contributed by atoms with Crippen LogP contribution in [0.15, 0.2) is 66.7 Å². The van der Waals surface area contributed by atoms with Crippen molar-refractivity contribution in [1.29, 1.82) is 0 Å². The monoisotopic (exact) mass is 497 g/mol. The summed E-state index contributed by atoms with van der Waals surface area (Å²) in [7, 11) is 0. The first-order valence-corrected chi connectivity index (χ1v) is 10.7. The molecule has 1 aliphatic heterocycles. The lowest BCUT2D eigenvalue weighted by Crippen LogP contribution is -2.44. The van der Waals surface area contributed by atoms with Crippen molar-refractivity contribution >= 4 is 35.7 Å². The predicted octanol–water partition coefficient (Wildman–Crippen LogP) is 3.95. The van der Waals surface area contributed by atoms with Gasteiger partial charge in [-0.15, -0.1) is 12.4 Å². The number of amides is 1. The molecular formula is C25H24ClN3O6. The van der Waals surface area contributed by atoms with Crippen molar-refractivity contribution in [3.8, 4) is 16.9 Å². The molecule has 1 unspecified atom stereocenters. The number of aliphatic carboxylic acids is 1. The number of nitrogens with two attached hydrogens (primary N) is 1. The number of nitro benzene ring substituents is 1. The molecule has 35 heavy (non-hydrogen) atoms. The van der Waals surface area contributed by atoms with Gasteiger partial charge < -0.3 is 20.5 Å². The van der Waals surface area contributed by atoms with E-state index in [0.29, 0.717) is 35.5 Å². The van der Waals surface area contributed by atoms with Crippen molar-refractivity contribution < 1.29 is 24.4 Å². The molecule has 9 nitrogen and oxygen atoms in total. The first-order chi connectivity index (χ1) is 16.3. The third-order valence-corrected chi connectivity index (χ3v) is 5.67. The average Bonchev–Trinajstić information content (AvgIpc) is 3.25. The number of carboxylic acids is 1. The van der Waals surface area contributed by atoms with Gasteiger partial charge in [-0.3, -0.25) is 19.7 Å². The number of rotatable bonds is 8. The molecule has 0 aromatic heterocycles. The number of hydrogen-bond acceptors (Lipinski definition) is 6. The standard InChI is InChI=1S/C25H23N3O6.ClH/c26-21(14-24(29)30)25(31)27-11-10-18-13-19(7-9-22(18)27)34-15-16-6-8-20(23(12-16)28(32)33)17-4-2-1-3-5-17;/h1-9,12-13,21H,10-11,14-15,26H2,(H,29,30);1H. The van der Waals surface area contributed by atoms with E-state index in [1.807, 2.05) is 36.4 Å². The lowest BCUT2D eigenvalue weighted by atomic mass is 10.0. The highest BCUT2D eigenvalue weighted by atomic mass is 35.5. The molecule has 0 fully saturated rings. The summed E-state index contributed by atoms with van der Waals surface area (Å²) in [5.41, 5.74) is 9.27. The zero-order valence-electron chi connectivity index (χ0n) is 18.6. The van der Waals surface area contributed by atoms with E-state index in [9.17, 15) is 19.7 Å². The van der Waals surface area contributed by atoms with Crippen molar-refractivity contribution in [2.24, 2.45) is 5.73 Å². The average molecular weight is 498 g/mol. The highest BCUT2D eigenvalue weighted by Gasteiger charge is 2.29. The highest BCUT2D eigenvalue weighted by Crippen LogP contribution is 2.33. The molecule has 1 heterocycles. The van der Waals surface area contributed by atoms with E-state index < -0.39 is 29.3 Å². The Morgan fingerprint density at radius 3 is 2.54 bits per heavy atom. The molecule has 0 radical (unpaired) electrons. The molecule has 10 heteroatoms. The van der Waals surface area contributed by atoms with Crippen LogP contribution in [0.1, 0.15) is 17.5 Å². The molecule has 1 atom stereocenters. The minimum atomic E-state index is -1.12. The number of ether oxygens (including phenoxy) is 1. The quantitative estimate of drug-likeness (QED) is 0.355. The summed E-state index contributed by atoms with van der Waals surface area (Å²) in [5.74, 6) is -0.987. The molecule has 3 aromatic rings. The molecule has 182 valence electrons. The van der Waals surface area contributed by atoms with Crippen molar-refractivity contribution in [3.63, 3.8) is 0 Å². The molecule has 0 saturated carbocycles. The molecule has 3 N–H and O–H groups in total. The fourth-order valence-electron chi connectivity index (χ4n) is 4.02. The summed E-state index contributed by atoms with van der Waals surface area (Å²) >= 11 is 0. The lowest BCUT2D eigenvalue weighted by molar-refractivity contribution is -0.384. The van der Waals surface area contributed by atoms with Gasteiger partial charge in [0.1, 0.15) is 12.4 Å². The number of benzene rings is 3. The van der Waals surface area contributed by atoms with E-state index in [2.05, 4.69) is 0 Å². The van der Waals surface area contributed by atoms with Crippen LogP contribution in [0, 0.1) is 10.1 Å². The summed E-state index contributed by atoms with van der Waals surface area (Å²) in [6.07, 6.45) is 0.163. The van der Waals surface area contributed by atoms with E-state index in [0.717, 1.165) is 11.1 Å². The Bertz CT molecular complexity index is 1250. The summed E-state index contributed by atoms with van der Waals surface area (Å²) in [4.78, 5) is 36.1. The van der Waals surface area contributed by atoms with Crippen LogP contribution in [-0.4, -0.2) is 34.5 Å². The van der Waals surface area contributed by atoms with Crippen molar-refractivity contribution in [3.05, 3.63) is 88.0 Å². The van der Waals surface area contributed by atoms with Gasteiger partial charge in [-0.25, -0.2) is 0 Å². The first-order valence-electron chi connectivity index (χ1n) is 10.7. The second-order valence-corrected chi connectivity index (χ2v) is 8.00. The zero-order valence-corrected chi connectivity index (χ0v) is 19.4. The zero-order chi connectivity index (χ0) is 24.2. The maximum atomic E-state index is 12.5. The molecular weight excluding hydrogens is 474 g/mol. The van der Waals surface area contributed by atoms with Crippen LogP contribution in [0.4, 0.5) is 11.4 Å². The maximum Gasteiger partial charge on any atom is 0.305 e. The molecule has 0 spiro atoms. The number of carbonyl (C=O) groups is 2. The summed E-state index contributed by atoms with van der Waals surface area (Å²) in [5, 5.41) is 20.5. The third kappa shape index (κ3) is 5.76. The van der Waals surface area contributed by atoms with Crippen molar-refractivity contribution in [2.45, 2.75) is 25.5 Å². The van der Waals surface area contributed by atoms with Crippen molar-refractivity contribution in [2.75, 3.05) is 11.4 Å². The van der Waals surface area contributed by atoms with Crippen LogP contribution in [0.2, 0.25) is 0 Å². The van der Waals surface area contributed by atoms with Crippen molar-refractivity contribution in [1.82, 2.24) is 0 Å². The smallest absolute Gasteiger partial charge is 0.305 e. The van der Waals surface area contributed by atoms with E-state index in [-0.39, 0.29) is 24.7 Å². The predicted molar refractivity (Wildman–Crippen MR) is 133 cm³/mol. The maximum absolute atomic E-state index is 12.5. The third-order valence-electron chi connectivity index (χ3n) is 5.67. The molecule has 4 rings (SSSR count). The van der Waals surface area contributed by atoms with E-state index in [1.54, 1.807) is 24.3 Å². The lowest BCUT2D eigenvalue weighted by Gasteiger charge is -2.21. The number of carboxylic acid groups (broad SMARTS) is 1. The van der Waals surface area contributed by atoms with Crippen LogP contribution in [0.3, 0.4) is 0 Å². The van der Waals surface area contributed by atoms with E-state index in [4.69, 9.17) is 15.6 Å². The molecule has 0 saturated heterocycles. The number of anilines is 1. The number of nitro groups is 1. The molecule has 0 aliphatic carbocycles. The Hall–Kier alpha value is -3.95. The van der Waals surface area contributed by atoms with Crippen LogP contribution in [0.5, 0.6) is 5.75 Å². The SMILES string of the molecule is Cl.NC(CC(=O)O)C(=O)N1CCc2cc(OCc3ccc(-c4ccccc4)c([N+](=O)[O-])c3)ccc21. The summed E-state index contributed by atoms with van der Waals surface area (Å²) < 4.78 is 5.87. The second kappa shape index (κ2) is 11.0. The van der Waals surface area contributed by atoms with E-state index >= 15 is 0 Å². The van der Waals surface area contributed by atoms with Gasteiger partial charge in [0.15, 0.2) is 0 Å². The Labute approximate surface area is 207 Å². The molecule has 1 amide bonds. The molecule has 0 bridgehead atoms. The largest absolute Gasteiger partial charge is 0.489 e. The van der Waals surface area contributed by atoms with Gasteiger partial charge in [0, 0.05) is 18.3 Å². The normalized spacial score (nSPS) is 12.9. The van der Waals surface area contributed by atoms with E-state index in [1.165, 1.54) is 11.0 Å². The minimum Gasteiger partial charge on any atom is -0.489 e. The number of hydrogen-bond donors (Lipinski definition) is 2. The Morgan fingerprint density at radius 1 is 1.11 bits per heavy atom. The van der Waals surface area contributed by atoms with Gasteiger partial charge in [-0.2, -0.15) is 0 Å². The molecule has 1 aliphatic rings. The van der Waals surface area contributed by atoms with Crippen LogP contribution < -0.4 is 15.4 Å². The Kier molecular flexibility index (Phi) is 8.06. The number of fused-ring (bicyclic) bond motifs is 1. The minimum absolute atomic E-state index is 0. The van der Waals surface area contributed by atoms with Gasteiger partial charge >= 0.3 is 5.97 Å². The molecule has 3 aromatic carbocycles. The van der Waals surface area contributed by atoms with Gasteiger partial charge in [-0.05, 0) is 47.4 Å². The van der Waals surface area contributed by atoms with Crippen LogP contribution in [0.25, 0.3) is 11.1 Å². The fourth-order valence-corrected chi connectivity index (χ4v) is 4.02. The Balaban J connectivity index is 0.00000342. The van der Waals surface area contributed by atoms with Gasteiger partial charge in [-0.1, -0.05) is 36.4 Å². The fraction of sp³-hybridized carbons (Fsp3) is 0.200. The van der Waals surface area contributed by atoms with Crippen LogP contribution >= 0.6 is 12.4 Å². The van der Waals surface area contributed by atoms with Gasteiger partial charge in [0.2, 0.25) is 5.91 Å². The number of nitrogens with zero attached hydrogens (tertiary/aromatic N) is 2. The summed E-state index contributed by atoms with van der Waals surface area (Å²) in [6.45, 7) is 0.554. The van der Waals surface area contributed by atoms with Crippen LogP contribution in [-0.2, 0) is 22.6 Å². The first kappa shape index (κ1) is 25.7. The Morgan fingerprint density at radius 2 is 1.86 bits per heavy atom. The highest BCUT2D eigenvalue weighted by molar-refractivity contribution is 6.00. The van der Waals surface area contributed by atoms with Gasteiger partial charge in [0.25, 0.3) is 5.69 Å². The number of halogens is 1. The number of carbonyl (C=O) groups excluding carboxylic acids is 1. The second-order valence-electron chi connectivity index (χ2n) is 8.00. The van der Waals surface area contributed by atoms with Gasteiger partial charge in [0.05, 0.1) is 22.9 Å². The summed E-state index contributed by atoms with van der Waals surface area (Å²) in [6, 6.07) is 18.4.